The highest BCUT2D eigenvalue weighted by atomic mass is 35.5. The van der Waals surface area contributed by atoms with Crippen LogP contribution >= 0.6 is 24.0 Å². The summed E-state index contributed by atoms with van der Waals surface area (Å²) in [6.07, 6.45) is 3.52. The molecule has 0 aliphatic rings. The van der Waals surface area contributed by atoms with E-state index in [1.165, 1.54) is 0 Å². The molecule has 2 heterocycles. The monoisotopic (exact) mass is 372 g/mol. The second-order valence-corrected chi connectivity index (χ2v) is 5.76. The highest BCUT2D eigenvalue weighted by molar-refractivity contribution is 6.68. The predicted molar refractivity (Wildman–Crippen MR) is 103 cm³/mol. The lowest BCUT2D eigenvalue weighted by Gasteiger charge is -2.10. The van der Waals surface area contributed by atoms with Crippen LogP contribution < -0.4 is 4.74 Å². The first kappa shape index (κ1) is 17.3. The van der Waals surface area contributed by atoms with E-state index in [0.717, 1.165) is 33.2 Å². The Balaban J connectivity index is 0.00000182. The van der Waals surface area contributed by atoms with Crippen LogP contribution in [0.2, 0.25) is 0 Å². The minimum absolute atomic E-state index is 0. The first-order valence-corrected chi connectivity index (χ1v) is 7.80. The van der Waals surface area contributed by atoms with Gasteiger partial charge >= 0.3 is 0 Å². The van der Waals surface area contributed by atoms with E-state index in [9.17, 15) is 4.79 Å². The number of hydrogen-bond donors (Lipinski definition) is 0. The maximum Gasteiger partial charge on any atom is 0.254 e. The van der Waals surface area contributed by atoms with E-state index >= 15 is 0 Å². The van der Waals surface area contributed by atoms with Crippen LogP contribution in [0.4, 0.5) is 0 Å². The van der Waals surface area contributed by atoms with Crippen molar-refractivity contribution in [2.45, 2.75) is 0 Å². The molecule has 2 aromatic heterocycles. The van der Waals surface area contributed by atoms with E-state index in [4.69, 9.17) is 16.3 Å². The van der Waals surface area contributed by atoms with Gasteiger partial charge in [0.05, 0.1) is 29.4 Å². The molecular formula is C19H14Cl2N2O2. The molecule has 0 aliphatic heterocycles. The fourth-order valence-electron chi connectivity index (χ4n) is 2.98. The Bertz CT molecular complexity index is 1090. The molecule has 0 atom stereocenters. The number of halogens is 2. The number of rotatable bonds is 3. The van der Waals surface area contributed by atoms with Gasteiger partial charge in [-0.15, -0.1) is 12.4 Å². The number of para-hydroxylation sites is 1. The van der Waals surface area contributed by atoms with Crippen molar-refractivity contribution in [1.29, 1.82) is 0 Å². The molecule has 0 unspecified atom stereocenters. The van der Waals surface area contributed by atoms with Gasteiger partial charge in [-0.25, -0.2) is 0 Å². The molecule has 0 bridgehead atoms. The Hall–Kier alpha value is -2.56. The lowest BCUT2D eigenvalue weighted by Crippen LogP contribution is -1.95. The summed E-state index contributed by atoms with van der Waals surface area (Å²) >= 11 is 5.76. The lowest BCUT2D eigenvalue weighted by atomic mass is 10.1. The standard InChI is InChI=1S/C19H13ClN2O2.ClH/c1-24-12-6-7-16-14(10-12)18(8-9-21-16)22-11-15(19(20)23)13-4-2-3-5-17(13)22;/h2-11H,1H3;1H. The van der Waals surface area contributed by atoms with Crippen LogP contribution in [0.25, 0.3) is 27.5 Å². The summed E-state index contributed by atoms with van der Waals surface area (Å²) in [6.45, 7) is 0. The highest BCUT2D eigenvalue weighted by Crippen LogP contribution is 2.30. The molecule has 0 radical (unpaired) electrons. The maximum absolute atomic E-state index is 11.8. The Kier molecular flexibility index (Phi) is 4.66. The van der Waals surface area contributed by atoms with Crippen molar-refractivity contribution >= 4 is 51.1 Å². The van der Waals surface area contributed by atoms with E-state index in [0.29, 0.717) is 5.56 Å². The summed E-state index contributed by atoms with van der Waals surface area (Å²) in [6, 6.07) is 15.3. The Morgan fingerprint density at radius 3 is 2.68 bits per heavy atom. The van der Waals surface area contributed by atoms with E-state index < -0.39 is 5.24 Å². The molecule has 0 N–H and O–H groups in total. The highest BCUT2D eigenvalue weighted by Gasteiger charge is 2.15. The SMILES string of the molecule is COc1ccc2nccc(-n3cc(C(=O)Cl)c4ccccc43)c2c1.Cl. The Labute approximate surface area is 155 Å². The van der Waals surface area contributed by atoms with Crippen molar-refractivity contribution in [1.82, 2.24) is 9.55 Å². The van der Waals surface area contributed by atoms with Gasteiger partial charge in [0.1, 0.15) is 5.75 Å². The van der Waals surface area contributed by atoms with Gasteiger partial charge in [-0.05, 0) is 41.9 Å². The van der Waals surface area contributed by atoms with Gasteiger partial charge in [-0.2, -0.15) is 0 Å². The second-order valence-electron chi connectivity index (χ2n) is 5.42. The third kappa shape index (κ3) is 2.84. The van der Waals surface area contributed by atoms with E-state index in [1.807, 2.05) is 53.1 Å². The number of ether oxygens (including phenoxy) is 1. The first-order valence-electron chi connectivity index (χ1n) is 7.42. The molecule has 0 spiro atoms. The van der Waals surface area contributed by atoms with Crippen LogP contribution in [0.1, 0.15) is 10.4 Å². The summed E-state index contributed by atoms with van der Waals surface area (Å²) in [5.74, 6) is 0.752. The van der Waals surface area contributed by atoms with Gasteiger partial charge in [0, 0.05) is 23.2 Å². The van der Waals surface area contributed by atoms with Gasteiger partial charge in [0.25, 0.3) is 5.24 Å². The number of methoxy groups -OCH3 is 1. The number of carbonyl (C=O) groups excluding carboxylic acids is 1. The van der Waals surface area contributed by atoms with E-state index in [1.54, 1.807) is 19.5 Å². The van der Waals surface area contributed by atoms with Crippen LogP contribution in [0, 0.1) is 0 Å². The molecular weight excluding hydrogens is 359 g/mol. The molecule has 25 heavy (non-hydrogen) atoms. The predicted octanol–water partition coefficient (Wildman–Crippen LogP) is 4.99. The van der Waals surface area contributed by atoms with Crippen LogP contribution in [-0.4, -0.2) is 21.9 Å². The zero-order valence-corrected chi connectivity index (χ0v) is 14.8. The van der Waals surface area contributed by atoms with Gasteiger partial charge in [-0.1, -0.05) is 18.2 Å². The zero-order chi connectivity index (χ0) is 16.7. The van der Waals surface area contributed by atoms with Gasteiger partial charge in [0.15, 0.2) is 0 Å². The number of carbonyl (C=O) groups is 1. The van der Waals surface area contributed by atoms with Crippen LogP contribution in [0.5, 0.6) is 5.75 Å². The van der Waals surface area contributed by atoms with E-state index in [-0.39, 0.29) is 12.4 Å². The number of pyridine rings is 1. The third-order valence-electron chi connectivity index (χ3n) is 4.11. The van der Waals surface area contributed by atoms with Crippen LogP contribution in [0.15, 0.2) is 60.9 Å². The normalized spacial score (nSPS) is 10.6. The third-order valence-corrected chi connectivity index (χ3v) is 4.31. The molecule has 0 fully saturated rings. The Morgan fingerprint density at radius 1 is 1.12 bits per heavy atom. The number of hydrogen-bond acceptors (Lipinski definition) is 3. The minimum atomic E-state index is -0.471. The largest absolute Gasteiger partial charge is 0.497 e. The van der Waals surface area contributed by atoms with Crippen LogP contribution in [-0.2, 0) is 0 Å². The summed E-state index contributed by atoms with van der Waals surface area (Å²) in [5.41, 5.74) is 3.17. The quantitative estimate of drug-likeness (QED) is 0.476. The molecule has 2 aromatic carbocycles. The average Bonchev–Trinajstić information content (AvgIpc) is 3.00. The van der Waals surface area contributed by atoms with Crippen molar-refractivity contribution in [3.8, 4) is 11.4 Å². The maximum atomic E-state index is 11.8. The minimum Gasteiger partial charge on any atom is -0.497 e. The van der Waals surface area contributed by atoms with Crippen LogP contribution in [0.3, 0.4) is 0 Å². The van der Waals surface area contributed by atoms with Crippen molar-refractivity contribution in [2.75, 3.05) is 7.11 Å². The van der Waals surface area contributed by atoms with Crippen molar-refractivity contribution in [3.63, 3.8) is 0 Å². The lowest BCUT2D eigenvalue weighted by molar-refractivity contribution is 0.108. The molecule has 4 aromatic rings. The molecule has 0 aliphatic carbocycles. The second kappa shape index (κ2) is 6.75. The summed E-state index contributed by atoms with van der Waals surface area (Å²) in [7, 11) is 1.63. The summed E-state index contributed by atoms with van der Waals surface area (Å²) in [4.78, 5) is 16.2. The number of fused-ring (bicyclic) bond motifs is 2. The number of nitrogens with zero attached hydrogens (tertiary/aromatic N) is 2. The fourth-order valence-corrected chi connectivity index (χ4v) is 3.13. The van der Waals surface area contributed by atoms with Crippen molar-refractivity contribution in [2.24, 2.45) is 0 Å². The molecule has 126 valence electrons. The molecule has 4 rings (SSSR count). The fraction of sp³-hybridized carbons (Fsp3) is 0.0526. The van der Waals surface area contributed by atoms with Gasteiger partial charge < -0.3 is 9.30 Å². The summed E-state index contributed by atoms with van der Waals surface area (Å²) < 4.78 is 7.30. The van der Waals surface area contributed by atoms with Gasteiger partial charge in [0.2, 0.25) is 0 Å². The average molecular weight is 373 g/mol. The molecule has 0 saturated carbocycles. The molecule has 6 heteroatoms. The van der Waals surface area contributed by atoms with Gasteiger partial charge in [-0.3, -0.25) is 9.78 Å². The smallest absolute Gasteiger partial charge is 0.254 e. The molecule has 4 nitrogen and oxygen atoms in total. The summed E-state index contributed by atoms with van der Waals surface area (Å²) in [5, 5.41) is 1.29. The van der Waals surface area contributed by atoms with Crippen molar-refractivity contribution in [3.05, 3.63) is 66.5 Å². The molecule has 0 amide bonds. The zero-order valence-electron chi connectivity index (χ0n) is 13.3. The topological polar surface area (TPSA) is 44.1 Å². The van der Waals surface area contributed by atoms with Crippen molar-refractivity contribution < 1.29 is 9.53 Å². The number of aromatic nitrogens is 2. The van der Waals surface area contributed by atoms with E-state index in [2.05, 4.69) is 4.98 Å². The molecule has 0 saturated heterocycles. The first-order chi connectivity index (χ1) is 11.7. The Morgan fingerprint density at radius 2 is 1.92 bits per heavy atom. The number of benzene rings is 2.